The summed E-state index contributed by atoms with van der Waals surface area (Å²) < 4.78 is 5.38. The molecule has 1 aromatic rings. The maximum atomic E-state index is 5.38. The van der Waals surface area contributed by atoms with Crippen LogP contribution in [0.3, 0.4) is 0 Å². The average Bonchev–Trinajstić information content (AvgIpc) is 3.26. The minimum Gasteiger partial charge on any atom is -0.464 e. The summed E-state index contributed by atoms with van der Waals surface area (Å²) in [5.74, 6) is 2.14. The van der Waals surface area contributed by atoms with Crippen LogP contribution in [0.4, 0.5) is 11.9 Å². The van der Waals surface area contributed by atoms with E-state index in [0.29, 0.717) is 24.5 Å². The van der Waals surface area contributed by atoms with Crippen molar-refractivity contribution >= 4 is 11.9 Å². The van der Waals surface area contributed by atoms with Crippen molar-refractivity contribution in [2.45, 2.75) is 46.0 Å². The first-order valence-electron chi connectivity index (χ1n) is 7.68. The second kappa shape index (κ2) is 7.87. The van der Waals surface area contributed by atoms with E-state index >= 15 is 0 Å². The van der Waals surface area contributed by atoms with Crippen LogP contribution in [0.1, 0.15) is 46.0 Å². The predicted molar refractivity (Wildman–Crippen MR) is 80.2 cm³/mol. The van der Waals surface area contributed by atoms with Crippen molar-refractivity contribution in [2.75, 3.05) is 30.3 Å². The number of hydrogen-bond acceptors (Lipinski definition) is 6. The smallest absolute Gasteiger partial charge is 0.323 e. The Balaban J connectivity index is 1.87. The lowest BCUT2D eigenvalue weighted by Crippen LogP contribution is -2.12. The van der Waals surface area contributed by atoms with E-state index in [2.05, 4.69) is 32.5 Å². The van der Waals surface area contributed by atoms with Crippen LogP contribution in [0, 0.1) is 5.92 Å². The van der Waals surface area contributed by atoms with E-state index < -0.39 is 0 Å². The Morgan fingerprint density at radius 2 is 1.75 bits per heavy atom. The van der Waals surface area contributed by atoms with E-state index in [0.717, 1.165) is 31.8 Å². The molecule has 1 saturated carbocycles. The number of nitrogens with one attached hydrogen (secondary N) is 2. The third-order valence-corrected chi connectivity index (χ3v) is 3.19. The van der Waals surface area contributed by atoms with Gasteiger partial charge in [0.15, 0.2) is 0 Å². The molecule has 0 unspecified atom stereocenters. The summed E-state index contributed by atoms with van der Waals surface area (Å²) in [6.45, 7) is 6.33. The molecule has 0 saturated heterocycles. The minimum atomic E-state index is 0.380. The largest absolute Gasteiger partial charge is 0.464 e. The number of hydrogen-bond donors (Lipinski definition) is 2. The third-order valence-electron chi connectivity index (χ3n) is 3.19. The zero-order valence-corrected chi connectivity index (χ0v) is 12.5. The van der Waals surface area contributed by atoms with Crippen molar-refractivity contribution in [3.63, 3.8) is 0 Å². The fourth-order valence-electron chi connectivity index (χ4n) is 1.94. The van der Waals surface area contributed by atoms with Crippen molar-refractivity contribution in [2.24, 2.45) is 5.92 Å². The molecule has 0 bridgehead atoms. The van der Waals surface area contributed by atoms with Crippen molar-refractivity contribution in [3.8, 4) is 6.01 Å². The Morgan fingerprint density at radius 1 is 1.05 bits per heavy atom. The van der Waals surface area contributed by atoms with Gasteiger partial charge in [0.25, 0.3) is 0 Å². The molecule has 1 aliphatic rings. The van der Waals surface area contributed by atoms with Crippen LogP contribution >= 0.6 is 0 Å². The SMILES string of the molecule is CCCNc1nc(NCCCC2CC2)nc(OCC)n1. The number of ether oxygens (including phenoxy) is 1. The van der Waals surface area contributed by atoms with E-state index in [1.807, 2.05) is 6.92 Å². The van der Waals surface area contributed by atoms with E-state index in [1.165, 1.54) is 19.3 Å². The highest BCUT2D eigenvalue weighted by atomic mass is 16.5. The van der Waals surface area contributed by atoms with Crippen LogP contribution in [0.2, 0.25) is 0 Å². The molecule has 112 valence electrons. The molecule has 0 radical (unpaired) electrons. The topological polar surface area (TPSA) is 72.0 Å². The molecule has 0 aliphatic heterocycles. The molecule has 1 fully saturated rings. The summed E-state index contributed by atoms with van der Waals surface area (Å²) in [5, 5.41) is 6.43. The lowest BCUT2D eigenvalue weighted by molar-refractivity contribution is 0.312. The van der Waals surface area contributed by atoms with Gasteiger partial charge in [0.05, 0.1) is 6.61 Å². The van der Waals surface area contributed by atoms with Crippen LogP contribution in [-0.4, -0.2) is 34.6 Å². The first-order chi connectivity index (χ1) is 9.81. The number of aromatic nitrogens is 3. The maximum absolute atomic E-state index is 5.38. The Morgan fingerprint density at radius 3 is 2.35 bits per heavy atom. The first-order valence-corrected chi connectivity index (χ1v) is 7.68. The van der Waals surface area contributed by atoms with Gasteiger partial charge in [0.2, 0.25) is 11.9 Å². The summed E-state index contributed by atoms with van der Waals surface area (Å²) in [6.07, 6.45) is 6.31. The molecule has 1 heterocycles. The van der Waals surface area contributed by atoms with E-state index in [4.69, 9.17) is 4.74 Å². The molecule has 1 aliphatic carbocycles. The number of rotatable bonds is 10. The molecule has 0 amide bonds. The van der Waals surface area contributed by atoms with Gasteiger partial charge in [-0.25, -0.2) is 0 Å². The van der Waals surface area contributed by atoms with Crippen LogP contribution in [0.15, 0.2) is 0 Å². The van der Waals surface area contributed by atoms with Gasteiger partial charge in [0, 0.05) is 13.1 Å². The zero-order chi connectivity index (χ0) is 14.2. The van der Waals surface area contributed by atoms with Gasteiger partial charge in [-0.15, -0.1) is 0 Å². The molecule has 20 heavy (non-hydrogen) atoms. The molecule has 6 heteroatoms. The van der Waals surface area contributed by atoms with Crippen molar-refractivity contribution < 1.29 is 4.74 Å². The van der Waals surface area contributed by atoms with E-state index in [9.17, 15) is 0 Å². The Hall–Kier alpha value is -1.59. The fraction of sp³-hybridized carbons (Fsp3) is 0.786. The molecule has 0 atom stereocenters. The van der Waals surface area contributed by atoms with Gasteiger partial charge < -0.3 is 15.4 Å². The van der Waals surface area contributed by atoms with Crippen LogP contribution in [-0.2, 0) is 0 Å². The van der Waals surface area contributed by atoms with Gasteiger partial charge in [-0.05, 0) is 32.1 Å². The summed E-state index contributed by atoms with van der Waals surface area (Å²) in [5.41, 5.74) is 0. The zero-order valence-electron chi connectivity index (χ0n) is 12.5. The maximum Gasteiger partial charge on any atom is 0.323 e. The highest BCUT2D eigenvalue weighted by Crippen LogP contribution is 2.33. The summed E-state index contributed by atoms with van der Waals surface area (Å²) in [4.78, 5) is 12.9. The Labute approximate surface area is 120 Å². The highest BCUT2D eigenvalue weighted by molar-refractivity contribution is 5.35. The number of nitrogens with zero attached hydrogens (tertiary/aromatic N) is 3. The Bertz CT molecular complexity index is 409. The van der Waals surface area contributed by atoms with Gasteiger partial charge in [-0.1, -0.05) is 19.8 Å². The third kappa shape index (κ3) is 5.19. The molecule has 6 nitrogen and oxygen atoms in total. The molecule has 2 N–H and O–H groups in total. The summed E-state index contributed by atoms with van der Waals surface area (Å²) in [7, 11) is 0. The molecule has 0 spiro atoms. The van der Waals surface area contributed by atoms with Crippen LogP contribution in [0.25, 0.3) is 0 Å². The standard InChI is InChI=1S/C14H25N5O/c1-3-9-15-12-17-13(19-14(18-12)20-4-2)16-10-5-6-11-7-8-11/h11H,3-10H2,1-2H3,(H2,15,16,17,18,19). The second-order valence-electron chi connectivity index (χ2n) is 5.14. The van der Waals surface area contributed by atoms with Gasteiger partial charge in [0.1, 0.15) is 0 Å². The molecular weight excluding hydrogens is 254 g/mol. The van der Waals surface area contributed by atoms with Crippen LogP contribution < -0.4 is 15.4 Å². The Kier molecular flexibility index (Phi) is 5.83. The molecular formula is C14H25N5O. The van der Waals surface area contributed by atoms with Crippen molar-refractivity contribution in [1.82, 2.24) is 15.0 Å². The first kappa shape index (κ1) is 14.8. The molecule has 2 rings (SSSR count). The van der Waals surface area contributed by atoms with Crippen LogP contribution in [0.5, 0.6) is 6.01 Å². The van der Waals surface area contributed by atoms with E-state index in [1.54, 1.807) is 0 Å². The average molecular weight is 279 g/mol. The summed E-state index contributed by atoms with van der Waals surface area (Å²) in [6, 6.07) is 0.380. The molecule has 1 aromatic heterocycles. The number of anilines is 2. The van der Waals surface area contributed by atoms with Gasteiger partial charge >= 0.3 is 6.01 Å². The molecule has 0 aromatic carbocycles. The second-order valence-corrected chi connectivity index (χ2v) is 5.14. The fourth-order valence-corrected chi connectivity index (χ4v) is 1.94. The van der Waals surface area contributed by atoms with E-state index in [-0.39, 0.29) is 0 Å². The van der Waals surface area contributed by atoms with Gasteiger partial charge in [-0.2, -0.15) is 15.0 Å². The monoisotopic (exact) mass is 279 g/mol. The minimum absolute atomic E-state index is 0.380. The quantitative estimate of drug-likeness (QED) is 0.642. The van der Waals surface area contributed by atoms with Gasteiger partial charge in [-0.3, -0.25) is 0 Å². The summed E-state index contributed by atoms with van der Waals surface area (Å²) >= 11 is 0. The highest BCUT2D eigenvalue weighted by Gasteiger charge is 2.20. The van der Waals surface area contributed by atoms with Crippen molar-refractivity contribution in [3.05, 3.63) is 0 Å². The normalized spacial score (nSPS) is 14.1. The lowest BCUT2D eigenvalue weighted by atomic mass is 10.2. The lowest BCUT2D eigenvalue weighted by Gasteiger charge is -2.09. The van der Waals surface area contributed by atoms with Crippen molar-refractivity contribution in [1.29, 1.82) is 0 Å². The predicted octanol–water partition coefficient (Wildman–Crippen LogP) is 2.69.